The third-order valence-corrected chi connectivity index (χ3v) is 5.20. The van der Waals surface area contributed by atoms with Crippen LogP contribution in [0.2, 0.25) is 19.6 Å². The first kappa shape index (κ1) is 12.2. The van der Waals surface area contributed by atoms with Gasteiger partial charge in [-0.3, -0.25) is 0 Å². The first-order valence-corrected chi connectivity index (χ1v) is 9.64. The molecule has 2 rings (SSSR count). The highest BCUT2D eigenvalue weighted by atomic mass is 28.3. The molecule has 0 unspecified atom stereocenters. The Morgan fingerprint density at radius 3 is 1.53 bits per heavy atom. The van der Waals surface area contributed by atoms with Crippen LogP contribution in [0.15, 0.2) is 48.5 Å². The lowest BCUT2D eigenvalue weighted by Gasteiger charge is -2.16. The second kappa shape index (κ2) is 4.54. The molecule has 0 aromatic heterocycles. The number of hydrogen-bond acceptors (Lipinski definition) is 0. The Morgan fingerprint density at radius 2 is 1.12 bits per heavy atom. The van der Waals surface area contributed by atoms with E-state index in [-0.39, 0.29) is 0 Å². The van der Waals surface area contributed by atoms with Gasteiger partial charge in [-0.1, -0.05) is 78.8 Å². The lowest BCUT2D eigenvalue weighted by atomic mass is 9.94. The molecule has 0 saturated heterocycles. The molecular weight excluding hydrogens is 219 g/mol. The molecular formula is C15H19BSi. The van der Waals surface area contributed by atoms with E-state index in [1.54, 1.807) is 0 Å². The van der Waals surface area contributed by atoms with Gasteiger partial charge in [-0.25, -0.2) is 0 Å². The van der Waals surface area contributed by atoms with Crippen molar-refractivity contribution in [2.24, 2.45) is 0 Å². The zero-order valence-corrected chi connectivity index (χ0v) is 12.1. The number of hydrogen-bond donors (Lipinski definition) is 0. The summed E-state index contributed by atoms with van der Waals surface area (Å²) in [5.41, 5.74) is 3.93. The Hall–Kier alpha value is -1.28. The van der Waals surface area contributed by atoms with Gasteiger partial charge in [-0.2, -0.15) is 0 Å². The quantitative estimate of drug-likeness (QED) is 0.703. The topological polar surface area (TPSA) is 0 Å². The van der Waals surface area contributed by atoms with E-state index in [1.165, 1.54) is 21.8 Å². The summed E-state index contributed by atoms with van der Waals surface area (Å²) in [5.74, 6) is 0. The molecule has 0 saturated carbocycles. The maximum Gasteiger partial charge on any atom is 0.139 e. The predicted octanol–water partition coefficient (Wildman–Crippen LogP) is 2.16. The van der Waals surface area contributed by atoms with Crippen molar-refractivity contribution in [3.63, 3.8) is 0 Å². The van der Waals surface area contributed by atoms with Gasteiger partial charge in [0.2, 0.25) is 0 Å². The number of benzene rings is 2. The van der Waals surface area contributed by atoms with Crippen LogP contribution in [0.4, 0.5) is 0 Å². The van der Waals surface area contributed by atoms with Crippen molar-refractivity contribution in [3.05, 3.63) is 48.5 Å². The first-order chi connectivity index (χ1) is 7.97. The van der Waals surface area contributed by atoms with E-state index in [0.717, 1.165) is 0 Å². The maximum atomic E-state index is 2.38. The zero-order chi connectivity index (χ0) is 12.5. The Balaban J connectivity index is 2.33. The number of rotatable bonds is 2. The van der Waals surface area contributed by atoms with E-state index >= 15 is 0 Å². The average molecular weight is 238 g/mol. The van der Waals surface area contributed by atoms with Crippen LogP contribution in [0.3, 0.4) is 0 Å². The molecule has 0 atom stereocenters. The van der Waals surface area contributed by atoms with Gasteiger partial charge in [-0.15, -0.1) is 0 Å². The highest BCUT2D eigenvalue weighted by Gasteiger charge is 2.15. The molecule has 0 fully saturated rings. The van der Waals surface area contributed by atoms with Crippen LogP contribution in [0.25, 0.3) is 11.1 Å². The average Bonchev–Trinajstić information content (AvgIpc) is 2.29. The zero-order valence-electron chi connectivity index (χ0n) is 11.1. The fourth-order valence-corrected chi connectivity index (χ4v) is 3.08. The Kier molecular flexibility index (Phi) is 3.25. The van der Waals surface area contributed by atoms with Crippen LogP contribution in [-0.4, -0.2) is 15.9 Å². The molecule has 0 spiro atoms. The van der Waals surface area contributed by atoms with E-state index < -0.39 is 8.07 Å². The molecule has 0 heterocycles. The van der Waals surface area contributed by atoms with E-state index in [9.17, 15) is 0 Å². The lowest BCUT2D eigenvalue weighted by Crippen LogP contribution is -2.37. The van der Waals surface area contributed by atoms with Crippen molar-refractivity contribution in [2.45, 2.75) is 19.6 Å². The van der Waals surface area contributed by atoms with Crippen molar-refractivity contribution in [1.29, 1.82) is 0 Å². The van der Waals surface area contributed by atoms with Crippen molar-refractivity contribution in [3.8, 4) is 11.1 Å². The Bertz CT molecular complexity index is 492. The molecule has 0 aliphatic heterocycles. The Morgan fingerprint density at radius 1 is 0.706 bits per heavy atom. The fraction of sp³-hybridized carbons (Fsp3) is 0.200. The maximum absolute atomic E-state index is 2.38. The fourth-order valence-electron chi connectivity index (χ4n) is 1.91. The minimum atomic E-state index is -1.17. The molecule has 0 aliphatic rings. The standard InChI is InChI=1S/C15H19BSi/c1-17(2,3)15-10-6-13(7-11-15)12-4-8-14(16)9-5-12/h4-11H,16H2,1-3H3. The molecule has 0 nitrogen and oxygen atoms in total. The second-order valence-corrected chi connectivity index (χ2v) is 10.8. The van der Waals surface area contributed by atoms with Gasteiger partial charge in [0.15, 0.2) is 0 Å². The van der Waals surface area contributed by atoms with Crippen molar-refractivity contribution >= 4 is 26.6 Å². The summed E-state index contributed by atoms with van der Waals surface area (Å²) in [7, 11) is 0.957. The second-order valence-electron chi connectivity index (χ2n) is 5.69. The normalized spacial score (nSPS) is 11.5. The summed E-state index contributed by atoms with van der Waals surface area (Å²) in [6, 6.07) is 17.8. The van der Waals surface area contributed by atoms with Crippen LogP contribution >= 0.6 is 0 Å². The molecule has 2 aromatic carbocycles. The summed E-state index contributed by atoms with van der Waals surface area (Å²) in [6.45, 7) is 7.15. The van der Waals surface area contributed by atoms with E-state index in [2.05, 4.69) is 76.0 Å². The largest absolute Gasteiger partial charge is 0.139 e. The predicted molar refractivity (Wildman–Crippen MR) is 83.0 cm³/mol. The molecule has 0 radical (unpaired) electrons. The highest BCUT2D eigenvalue weighted by Crippen LogP contribution is 2.17. The van der Waals surface area contributed by atoms with Crippen LogP contribution < -0.4 is 10.6 Å². The third kappa shape index (κ3) is 2.89. The van der Waals surface area contributed by atoms with Gasteiger partial charge in [0, 0.05) is 0 Å². The molecule has 2 heteroatoms. The van der Waals surface area contributed by atoms with Crippen LogP contribution in [0.5, 0.6) is 0 Å². The van der Waals surface area contributed by atoms with Crippen LogP contribution in [0.1, 0.15) is 0 Å². The SMILES string of the molecule is Bc1ccc(-c2ccc([Si](C)(C)C)cc2)cc1. The summed E-state index contributed by atoms with van der Waals surface area (Å²) < 4.78 is 0. The Labute approximate surface area is 106 Å². The first-order valence-electron chi connectivity index (χ1n) is 6.14. The van der Waals surface area contributed by atoms with Crippen LogP contribution in [0, 0.1) is 0 Å². The van der Waals surface area contributed by atoms with Gasteiger partial charge < -0.3 is 0 Å². The molecule has 0 aliphatic carbocycles. The minimum Gasteiger partial charge on any atom is -0.0889 e. The van der Waals surface area contributed by atoms with Gasteiger partial charge >= 0.3 is 0 Å². The lowest BCUT2D eigenvalue weighted by molar-refractivity contribution is 1.63. The molecule has 0 bridgehead atoms. The minimum absolute atomic E-state index is 1.17. The summed E-state index contributed by atoms with van der Waals surface area (Å²) in [4.78, 5) is 0. The van der Waals surface area contributed by atoms with Crippen LogP contribution in [-0.2, 0) is 0 Å². The summed E-state index contributed by atoms with van der Waals surface area (Å²) >= 11 is 0. The monoisotopic (exact) mass is 238 g/mol. The van der Waals surface area contributed by atoms with Gasteiger partial charge in [0.05, 0.1) is 8.07 Å². The van der Waals surface area contributed by atoms with E-state index in [1.807, 2.05) is 0 Å². The molecule has 2 aromatic rings. The van der Waals surface area contributed by atoms with Gasteiger partial charge in [0.1, 0.15) is 7.85 Å². The molecule has 0 amide bonds. The summed E-state index contributed by atoms with van der Waals surface area (Å²) in [5, 5.41) is 1.52. The molecule has 0 N–H and O–H groups in total. The van der Waals surface area contributed by atoms with E-state index in [4.69, 9.17) is 0 Å². The highest BCUT2D eigenvalue weighted by molar-refractivity contribution is 6.88. The third-order valence-electron chi connectivity index (χ3n) is 3.14. The van der Waals surface area contributed by atoms with Crippen molar-refractivity contribution in [1.82, 2.24) is 0 Å². The molecule has 17 heavy (non-hydrogen) atoms. The molecule has 86 valence electrons. The smallest absolute Gasteiger partial charge is 0.0889 e. The summed E-state index contributed by atoms with van der Waals surface area (Å²) in [6.07, 6.45) is 0. The van der Waals surface area contributed by atoms with Crippen molar-refractivity contribution < 1.29 is 0 Å². The van der Waals surface area contributed by atoms with Crippen molar-refractivity contribution in [2.75, 3.05) is 0 Å². The van der Waals surface area contributed by atoms with E-state index in [0.29, 0.717) is 0 Å². The van der Waals surface area contributed by atoms with Gasteiger partial charge in [0.25, 0.3) is 0 Å². The van der Waals surface area contributed by atoms with Gasteiger partial charge in [-0.05, 0) is 11.1 Å².